The molecule has 0 saturated carbocycles. The van der Waals surface area contributed by atoms with E-state index in [2.05, 4.69) is 11.8 Å². The van der Waals surface area contributed by atoms with Gasteiger partial charge in [-0.3, -0.25) is 4.90 Å². The molecule has 1 heterocycles. The van der Waals surface area contributed by atoms with E-state index in [0.717, 1.165) is 16.4 Å². The molecule has 3 rings (SSSR count). The molecule has 0 saturated heterocycles. The molecule has 0 aliphatic carbocycles. The third kappa shape index (κ3) is 6.72. The lowest BCUT2D eigenvalue weighted by atomic mass is 10.0. The van der Waals surface area contributed by atoms with Crippen LogP contribution in [0.5, 0.6) is 5.75 Å². The number of benzene rings is 2. The topological polar surface area (TPSA) is 107 Å². The molecule has 2 aromatic rings. The molecule has 0 fully saturated rings. The van der Waals surface area contributed by atoms with Gasteiger partial charge in [0.1, 0.15) is 22.6 Å². The summed E-state index contributed by atoms with van der Waals surface area (Å²) in [7, 11) is -2.98. The first-order valence-electron chi connectivity index (χ1n) is 12.1. The zero-order valence-corrected chi connectivity index (χ0v) is 23.8. The molecule has 1 aliphatic heterocycles. The van der Waals surface area contributed by atoms with E-state index >= 15 is 0 Å². The summed E-state index contributed by atoms with van der Waals surface area (Å²) in [6.45, 7) is 3.33. The van der Waals surface area contributed by atoms with E-state index in [4.69, 9.17) is 4.74 Å². The van der Waals surface area contributed by atoms with E-state index in [1.165, 1.54) is 35.6 Å². The van der Waals surface area contributed by atoms with E-state index in [9.17, 15) is 26.3 Å². The normalized spacial score (nSPS) is 20.6. The molecule has 1 aliphatic rings. The van der Waals surface area contributed by atoms with Crippen LogP contribution in [0.3, 0.4) is 0 Å². The highest BCUT2D eigenvalue weighted by Crippen LogP contribution is 2.34. The van der Waals surface area contributed by atoms with E-state index in [1.807, 2.05) is 19.0 Å². The summed E-state index contributed by atoms with van der Waals surface area (Å²) >= 11 is 0. The zero-order chi connectivity index (χ0) is 28.3. The number of rotatable bonds is 7. The highest BCUT2D eigenvalue weighted by molar-refractivity contribution is 7.89. The Kier molecular flexibility index (Phi) is 9.57. The number of likely N-dealkylation sites (N-methyl/N-ethyl adjacent to an activating group) is 1. The molecule has 0 spiro atoms. The quantitative estimate of drug-likeness (QED) is 0.509. The molecular weight excluding hydrogens is 533 g/mol. The molecule has 9 nitrogen and oxygen atoms in total. The van der Waals surface area contributed by atoms with Crippen LogP contribution in [0.4, 0.5) is 4.39 Å². The maximum Gasteiger partial charge on any atom is 0.247 e. The number of aliphatic hydroxyl groups is 1. The fraction of sp³-hybridized carbons (Fsp3) is 0.462. The van der Waals surface area contributed by atoms with Crippen molar-refractivity contribution in [1.29, 1.82) is 0 Å². The lowest BCUT2D eigenvalue weighted by Crippen LogP contribution is -2.50. The van der Waals surface area contributed by atoms with Gasteiger partial charge < -0.3 is 9.84 Å². The number of ether oxygens (including phenoxy) is 1. The Bertz CT molecular complexity index is 1420. The van der Waals surface area contributed by atoms with E-state index in [1.54, 1.807) is 19.9 Å². The first-order chi connectivity index (χ1) is 17.8. The average molecular weight is 568 g/mol. The van der Waals surface area contributed by atoms with E-state index < -0.39 is 50.5 Å². The fourth-order valence-electron chi connectivity index (χ4n) is 3.98. The Balaban J connectivity index is 2.05. The summed E-state index contributed by atoms with van der Waals surface area (Å²) in [5, 5.41) is 9.79. The molecular formula is C26H34FN3O6S2. The van der Waals surface area contributed by atoms with Crippen LogP contribution >= 0.6 is 0 Å². The minimum Gasteiger partial charge on any atom is -0.487 e. The molecule has 3 atom stereocenters. The molecule has 0 unspecified atom stereocenters. The molecule has 208 valence electrons. The summed E-state index contributed by atoms with van der Waals surface area (Å²) in [6.07, 6.45) is -0.768. The van der Waals surface area contributed by atoms with Crippen molar-refractivity contribution in [1.82, 2.24) is 13.5 Å². The number of sulfonamides is 2. The van der Waals surface area contributed by atoms with Gasteiger partial charge in [0.05, 0.1) is 24.6 Å². The van der Waals surface area contributed by atoms with Gasteiger partial charge in [-0.1, -0.05) is 24.8 Å². The number of nitrogens with zero attached hydrogens (tertiary/aromatic N) is 3. The van der Waals surface area contributed by atoms with Gasteiger partial charge in [-0.15, -0.1) is 0 Å². The van der Waals surface area contributed by atoms with Crippen LogP contribution in [0.2, 0.25) is 0 Å². The number of aliphatic hydroxyl groups excluding tert-OH is 1. The number of halogens is 1. The second-order valence-electron chi connectivity index (χ2n) is 9.68. The first kappa shape index (κ1) is 30.0. The van der Waals surface area contributed by atoms with Crippen LogP contribution in [0.1, 0.15) is 19.4 Å². The maximum atomic E-state index is 13.7. The molecule has 38 heavy (non-hydrogen) atoms. The largest absolute Gasteiger partial charge is 0.487 e. The van der Waals surface area contributed by atoms with Gasteiger partial charge in [-0.05, 0) is 57.4 Å². The maximum absolute atomic E-state index is 13.7. The lowest BCUT2D eigenvalue weighted by molar-refractivity contribution is 0.0904. The first-order valence-corrected chi connectivity index (χ1v) is 14.9. The zero-order valence-electron chi connectivity index (χ0n) is 22.1. The van der Waals surface area contributed by atoms with Gasteiger partial charge in [0, 0.05) is 31.1 Å². The fourth-order valence-corrected chi connectivity index (χ4v) is 7.02. The van der Waals surface area contributed by atoms with Crippen molar-refractivity contribution in [3.63, 3.8) is 0 Å². The molecule has 12 heteroatoms. The lowest BCUT2D eigenvalue weighted by Gasteiger charge is -2.37. The van der Waals surface area contributed by atoms with Crippen molar-refractivity contribution in [3.8, 4) is 17.6 Å². The minimum absolute atomic E-state index is 0.00753. The van der Waals surface area contributed by atoms with Gasteiger partial charge in [0.15, 0.2) is 0 Å². The SMILES string of the molecule is C[C@@H]1CN([C@@H](C)CO)S(=O)(=O)c2ccc(C#CCN(C)C)cc2O[C@H]1CN(C)S(=O)(=O)c1cccc(F)c1. The van der Waals surface area contributed by atoms with Crippen LogP contribution in [0.15, 0.2) is 52.3 Å². The number of hydrogen-bond donors (Lipinski definition) is 1. The summed E-state index contributed by atoms with van der Waals surface area (Å²) in [5.41, 5.74) is 0.537. The van der Waals surface area contributed by atoms with Crippen LogP contribution in [0, 0.1) is 23.6 Å². The average Bonchev–Trinajstić information content (AvgIpc) is 2.85. The van der Waals surface area contributed by atoms with Crippen molar-refractivity contribution >= 4 is 20.0 Å². The van der Waals surface area contributed by atoms with Crippen molar-refractivity contribution < 1.29 is 31.1 Å². The summed E-state index contributed by atoms with van der Waals surface area (Å²) < 4.78 is 75.7. The van der Waals surface area contributed by atoms with E-state index in [-0.39, 0.29) is 28.6 Å². The highest BCUT2D eigenvalue weighted by atomic mass is 32.2. The van der Waals surface area contributed by atoms with Gasteiger partial charge >= 0.3 is 0 Å². The summed E-state index contributed by atoms with van der Waals surface area (Å²) in [5.74, 6) is 4.89. The molecule has 0 radical (unpaired) electrons. The van der Waals surface area contributed by atoms with Gasteiger partial charge in [0.25, 0.3) is 0 Å². The number of fused-ring (bicyclic) bond motifs is 1. The standard InChI is InChI=1S/C26H34FN3O6S2/c1-19-16-30(20(2)18-31)38(34,35)26-12-11-21(8-7-13-28(3)4)14-24(26)36-25(19)17-29(5)37(32,33)23-10-6-9-22(27)15-23/h6,9-12,14-15,19-20,25,31H,13,16-18H2,1-5H3/t19-,20+,25+/m1/s1. The van der Waals surface area contributed by atoms with E-state index in [0.29, 0.717) is 12.1 Å². The molecule has 1 N–H and O–H groups in total. The monoisotopic (exact) mass is 567 g/mol. The van der Waals surface area contributed by atoms with Crippen LogP contribution < -0.4 is 4.74 Å². The molecule has 0 amide bonds. The third-order valence-corrected chi connectivity index (χ3v) is 10.1. The molecule has 0 aromatic heterocycles. The van der Waals surface area contributed by atoms with Gasteiger partial charge in [-0.25, -0.2) is 21.2 Å². The number of hydrogen-bond acceptors (Lipinski definition) is 7. The van der Waals surface area contributed by atoms with Gasteiger partial charge in [0.2, 0.25) is 20.0 Å². The highest BCUT2D eigenvalue weighted by Gasteiger charge is 2.39. The Morgan fingerprint density at radius 3 is 2.55 bits per heavy atom. The van der Waals surface area contributed by atoms with Crippen molar-refractivity contribution in [2.24, 2.45) is 5.92 Å². The summed E-state index contributed by atoms with van der Waals surface area (Å²) in [4.78, 5) is 1.60. The smallest absolute Gasteiger partial charge is 0.247 e. The Hall–Kier alpha value is -2.53. The Morgan fingerprint density at radius 1 is 1.21 bits per heavy atom. The van der Waals surface area contributed by atoms with Crippen LogP contribution in [-0.4, -0.2) is 95.0 Å². The van der Waals surface area contributed by atoms with Crippen molar-refractivity contribution in [3.05, 3.63) is 53.8 Å². The van der Waals surface area contributed by atoms with Crippen LogP contribution in [-0.2, 0) is 20.0 Å². The van der Waals surface area contributed by atoms with Gasteiger partial charge in [-0.2, -0.15) is 8.61 Å². The summed E-state index contributed by atoms with van der Waals surface area (Å²) in [6, 6.07) is 8.55. The predicted octanol–water partition coefficient (Wildman–Crippen LogP) is 1.83. The Morgan fingerprint density at radius 2 is 1.92 bits per heavy atom. The second kappa shape index (κ2) is 12.1. The molecule has 0 bridgehead atoms. The third-order valence-electron chi connectivity index (χ3n) is 6.24. The van der Waals surface area contributed by atoms with Crippen LogP contribution in [0.25, 0.3) is 0 Å². The second-order valence-corrected chi connectivity index (χ2v) is 13.6. The van der Waals surface area contributed by atoms with Crippen molar-refractivity contribution in [2.75, 3.05) is 47.4 Å². The minimum atomic E-state index is -4.05. The molecule has 2 aromatic carbocycles. The van der Waals surface area contributed by atoms with Crippen molar-refractivity contribution in [2.45, 2.75) is 35.8 Å². The Labute approximate surface area is 224 Å². The predicted molar refractivity (Wildman–Crippen MR) is 142 cm³/mol.